The molecule has 0 aromatic rings. The summed E-state index contributed by atoms with van der Waals surface area (Å²) in [7, 11) is 0. The van der Waals surface area contributed by atoms with Crippen molar-refractivity contribution in [1.82, 2.24) is 5.32 Å². The third-order valence-electron chi connectivity index (χ3n) is 3.46. The molecule has 0 rings (SSSR count). The van der Waals surface area contributed by atoms with E-state index in [-0.39, 0.29) is 12.5 Å². The first-order valence-electron chi connectivity index (χ1n) is 9.00. The summed E-state index contributed by atoms with van der Waals surface area (Å²) in [4.78, 5) is 11.6. The molecule has 0 heterocycles. The van der Waals surface area contributed by atoms with E-state index in [0.29, 0.717) is 6.42 Å². The Labute approximate surface area is 153 Å². The van der Waals surface area contributed by atoms with Crippen molar-refractivity contribution in [3.8, 4) is 0 Å². The molecule has 138 valence electrons. The van der Waals surface area contributed by atoms with Crippen LogP contribution >= 0.6 is 0 Å². The van der Waals surface area contributed by atoms with E-state index < -0.39 is 5.60 Å². The summed E-state index contributed by atoms with van der Waals surface area (Å²) in [6.07, 6.45) is 27.0. The maximum Gasteiger partial charge on any atom is 0.244 e. The molecule has 0 aromatic heterocycles. The molecule has 1 amide bonds. The minimum Gasteiger partial charge on any atom is -0.388 e. The second-order valence-electron chi connectivity index (χ2n) is 5.97. The van der Waals surface area contributed by atoms with E-state index in [1.54, 1.807) is 13.0 Å². The SMILES string of the molecule is CCC=CC=CC=CC=CCCC=CC=CC(=O)NCC(C)(O)CC. The third kappa shape index (κ3) is 16.5. The van der Waals surface area contributed by atoms with Crippen LogP contribution in [0, 0.1) is 0 Å². The fourth-order valence-corrected chi connectivity index (χ4v) is 1.62. The average Bonchev–Trinajstić information content (AvgIpc) is 2.60. The number of hydrogen-bond donors (Lipinski definition) is 2. The van der Waals surface area contributed by atoms with Crippen LogP contribution in [0.3, 0.4) is 0 Å². The predicted octanol–water partition coefficient (Wildman–Crippen LogP) is 4.79. The second-order valence-corrected chi connectivity index (χ2v) is 5.97. The Morgan fingerprint density at radius 3 is 1.96 bits per heavy atom. The highest BCUT2D eigenvalue weighted by Crippen LogP contribution is 2.05. The molecule has 0 saturated heterocycles. The average molecular weight is 344 g/mol. The molecule has 3 nitrogen and oxygen atoms in total. The minimum atomic E-state index is -0.845. The first-order chi connectivity index (χ1) is 12.0. The molecule has 1 atom stereocenters. The van der Waals surface area contributed by atoms with Gasteiger partial charge in [0.25, 0.3) is 0 Å². The lowest BCUT2D eigenvalue weighted by Gasteiger charge is -2.20. The molecule has 0 saturated carbocycles. The topological polar surface area (TPSA) is 49.3 Å². The van der Waals surface area contributed by atoms with Gasteiger partial charge in [-0.2, -0.15) is 0 Å². The van der Waals surface area contributed by atoms with E-state index in [2.05, 4.69) is 24.4 Å². The van der Waals surface area contributed by atoms with Gasteiger partial charge in [-0.3, -0.25) is 4.79 Å². The van der Waals surface area contributed by atoms with Gasteiger partial charge < -0.3 is 10.4 Å². The van der Waals surface area contributed by atoms with Crippen LogP contribution < -0.4 is 5.32 Å². The summed E-state index contributed by atoms with van der Waals surface area (Å²) in [6.45, 7) is 5.97. The number of carbonyl (C=O) groups excluding carboxylic acids is 1. The number of rotatable bonds is 12. The monoisotopic (exact) mass is 343 g/mol. The predicted molar refractivity (Wildman–Crippen MR) is 108 cm³/mol. The molecule has 25 heavy (non-hydrogen) atoms. The van der Waals surface area contributed by atoms with Gasteiger partial charge in [0.05, 0.1) is 5.60 Å². The molecule has 0 aliphatic rings. The van der Waals surface area contributed by atoms with Crippen molar-refractivity contribution < 1.29 is 9.90 Å². The number of amides is 1. The Hall–Kier alpha value is -2.13. The van der Waals surface area contributed by atoms with Crippen molar-refractivity contribution >= 4 is 5.91 Å². The molecule has 2 N–H and O–H groups in total. The number of aliphatic hydroxyl groups is 1. The molecule has 3 heteroatoms. The summed E-state index contributed by atoms with van der Waals surface area (Å²) >= 11 is 0. The maximum atomic E-state index is 11.6. The first kappa shape index (κ1) is 22.9. The molecule has 1 unspecified atom stereocenters. The Kier molecular flexibility index (Phi) is 14.1. The molecular formula is C22H33NO2. The highest BCUT2D eigenvalue weighted by Gasteiger charge is 2.17. The summed E-state index contributed by atoms with van der Waals surface area (Å²) in [5.41, 5.74) is -0.845. The van der Waals surface area contributed by atoms with E-state index in [1.807, 2.05) is 55.5 Å². The minimum absolute atomic E-state index is 0.190. The van der Waals surface area contributed by atoms with Crippen molar-refractivity contribution in [3.05, 3.63) is 72.9 Å². The molecular weight excluding hydrogens is 310 g/mol. The fraction of sp³-hybridized carbons (Fsp3) is 0.409. The zero-order valence-corrected chi connectivity index (χ0v) is 15.8. The summed E-state index contributed by atoms with van der Waals surface area (Å²) in [5.74, 6) is -0.190. The van der Waals surface area contributed by atoms with E-state index in [1.165, 1.54) is 6.08 Å². The lowest BCUT2D eigenvalue weighted by atomic mass is 10.0. The molecule has 0 radical (unpaired) electrons. The Morgan fingerprint density at radius 1 is 0.880 bits per heavy atom. The zero-order chi connectivity index (χ0) is 18.8. The zero-order valence-electron chi connectivity index (χ0n) is 15.8. The number of unbranched alkanes of at least 4 members (excludes halogenated alkanes) is 1. The fourth-order valence-electron chi connectivity index (χ4n) is 1.62. The Balaban J connectivity index is 3.82. The number of carbonyl (C=O) groups is 1. The standard InChI is InChI=1S/C22H33NO2/c1-4-6-7-8-9-10-11-12-13-14-15-16-17-18-19-21(24)23-20-22(3,25)5-2/h6-13,16-19,25H,4-5,14-15,20H2,1-3H3,(H,23,24). The highest BCUT2D eigenvalue weighted by molar-refractivity contribution is 5.87. The van der Waals surface area contributed by atoms with Crippen LogP contribution in [0.4, 0.5) is 0 Å². The number of allylic oxidation sites excluding steroid dienone is 11. The lowest BCUT2D eigenvalue weighted by Crippen LogP contribution is -2.39. The largest absolute Gasteiger partial charge is 0.388 e. The van der Waals surface area contributed by atoms with Crippen LogP contribution in [0.5, 0.6) is 0 Å². The molecule has 0 aliphatic heterocycles. The normalized spacial score (nSPS) is 15.5. The van der Waals surface area contributed by atoms with Gasteiger partial charge in [-0.15, -0.1) is 0 Å². The summed E-state index contributed by atoms with van der Waals surface area (Å²) < 4.78 is 0. The van der Waals surface area contributed by atoms with Crippen LogP contribution in [-0.2, 0) is 4.79 Å². The van der Waals surface area contributed by atoms with Gasteiger partial charge >= 0.3 is 0 Å². The van der Waals surface area contributed by atoms with Crippen molar-refractivity contribution in [2.24, 2.45) is 0 Å². The quantitative estimate of drug-likeness (QED) is 0.304. The first-order valence-corrected chi connectivity index (χ1v) is 9.00. The third-order valence-corrected chi connectivity index (χ3v) is 3.46. The van der Waals surface area contributed by atoms with Crippen molar-refractivity contribution in [2.75, 3.05) is 6.54 Å². The smallest absolute Gasteiger partial charge is 0.244 e. The van der Waals surface area contributed by atoms with Gasteiger partial charge in [0.1, 0.15) is 0 Å². The highest BCUT2D eigenvalue weighted by atomic mass is 16.3. The van der Waals surface area contributed by atoms with Gasteiger partial charge in [0.15, 0.2) is 0 Å². The van der Waals surface area contributed by atoms with Crippen molar-refractivity contribution in [1.29, 1.82) is 0 Å². The van der Waals surface area contributed by atoms with Crippen LogP contribution in [0.1, 0.15) is 46.5 Å². The van der Waals surface area contributed by atoms with E-state index in [4.69, 9.17) is 0 Å². The van der Waals surface area contributed by atoms with Crippen LogP contribution in [-0.4, -0.2) is 23.2 Å². The molecule has 0 aliphatic carbocycles. The summed E-state index contributed by atoms with van der Waals surface area (Å²) in [6, 6.07) is 0. The Morgan fingerprint density at radius 2 is 1.40 bits per heavy atom. The van der Waals surface area contributed by atoms with Crippen molar-refractivity contribution in [2.45, 2.75) is 52.1 Å². The van der Waals surface area contributed by atoms with Crippen molar-refractivity contribution in [3.63, 3.8) is 0 Å². The van der Waals surface area contributed by atoms with Gasteiger partial charge in [0.2, 0.25) is 5.91 Å². The molecule has 0 aromatic carbocycles. The van der Waals surface area contributed by atoms with Gasteiger partial charge in [-0.1, -0.05) is 80.7 Å². The molecule has 0 fully saturated rings. The van der Waals surface area contributed by atoms with E-state index in [9.17, 15) is 9.90 Å². The summed E-state index contributed by atoms with van der Waals surface area (Å²) in [5, 5.41) is 12.5. The maximum absolute atomic E-state index is 11.6. The van der Waals surface area contributed by atoms with Crippen LogP contribution in [0.15, 0.2) is 72.9 Å². The van der Waals surface area contributed by atoms with Gasteiger partial charge in [-0.25, -0.2) is 0 Å². The lowest BCUT2D eigenvalue weighted by molar-refractivity contribution is -0.117. The van der Waals surface area contributed by atoms with E-state index in [0.717, 1.165) is 19.3 Å². The van der Waals surface area contributed by atoms with Gasteiger partial charge in [-0.05, 0) is 32.6 Å². The second kappa shape index (κ2) is 15.4. The van der Waals surface area contributed by atoms with Crippen LogP contribution in [0.25, 0.3) is 0 Å². The molecule has 0 bridgehead atoms. The number of hydrogen-bond acceptors (Lipinski definition) is 2. The van der Waals surface area contributed by atoms with Crippen LogP contribution in [0.2, 0.25) is 0 Å². The number of nitrogens with one attached hydrogen (secondary N) is 1. The molecule has 0 spiro atoms. The Bertz CT molecular complexity index is 520. The van der Waals surface area contributed by atoms with Gasteiger partial charge in [0, 0.05) is 12.6 Å². The van der Waals surface area contributed by atoms with E-state index >= 15 is 0 Å².